The Morgan fingerprint density at radius 1 is 1.50 bits per heavy atom. The maximum absolute atomic E-state index is 6.07. The topological polar surface area (TPSA) is 21.3 Å². The van der Waals surface area contributed by atoms with Gasteiger partial charge >= 0.3 is 0 Å². The Morgan fingerprint density at radius 3 is 2.75 bits per heavy atom. The van der Waals surface area contributed by atoms with Gasteiger partial charge in [-0.05, 0) is 19.2 Å². The van der Waals surface area contributed by atoms with Crippen LogP contribution in [0.25, 0.3) is 0 Å². The van der Waals surface area contributed by atoms with Crippen molar-refractivity contribution in [3.05, 3.63) is 38.8 Å². The van der Waals surface area contributed by atoms with E-state index in [-0.39, 0.29) is 0 Å². The number of hydrogen-bond donors (Lipinski definition) is 1. The van der Waals surface area contributed by atoms with E-state index in [0.717, 1.165) is 10.0 Å². The third-order valence-corrected chi connectivity index (χ3v) is 2.55. The first-order valence-electron chi connectivity index (χ1n) is 4.63. The van der Waals surface area contributed by atoms with Gasteiger partial charge < -0.3 is 10.1 Å². The maximum Gasteiger partial charge on any atom is 0.143 e. The van der Waals surface area contributed by atoms with Crippen LogP contribution in [0.5, 0.6) is 5.75 Å². The molecule has 0 spiro atoms. The van der Waals surface area contributed by atoms with Gasteiger partial charge in [0, 0.05) is 21.6 Å². The molecule has 0 fully saturated rings. The second kappa shape index (κ2) is 6.50. The van der Waals surface area contributed by atoms with E-state index in [9.17, 15) is 0 Å². The SMILES string of the molecule is C=C(Br)COc1c(Cl)cc(Cl)cc1CNC. The van der Waals surface area contributed by atoms with Gasteiger partial charge in [0.25, 0.3) is 0 Å². The average molecular weight is 325 g/mol. The zero-order valence-corrected chi connectivity index (χ0v) is 11.9. The highest BCUT2D eigenvalue weighted by atomic mass is 79.9. The van der Waals surface area contributed by atoms with Crippen LogP contribution in [0.2, 0.25) is 10.0 Å². The van der Waals surface area contributed by atoms with Crippen molar-refractivity contribution in [2.24, 2.45) is 0 Å². The Morgan fingerprint density at radius 2 is 2.19 bits per heavy atom. The fraction of sp³-hybridized carbons (Fsp3) is 0.273. The first-order valence-corrected chi connectivity index (χ1v) is 6.18. The van der Waals surface area contributed by atoms with E-state index in [1.807, 2.05) is 13.1 Å². The van der Waals surface area contributed by atoms with Crippen molar-refractivity contribution in [1.82, 2.24) is 5.32 Å². The number of halogens is 3. The molecule has 0 aliphatic rings. The number of ether oxygens (including phenoxy) is 1. The van der Waals surface area contributed by atoms with Gasteiger partial charge in [0.15, 0.2) is 0 Å². The minimum Gasteiger partial charge on any atom is -0.486 e. The molecule has 1 N–H and O–H groups in total. The average Bonchev–Trinajstić information content (AvgIpc) is 2.16. The summed E-state index contributed by atoms with van der Waals surface area (Å²) in [6.45, 7) is 4.72. The number of hydrogen-bond acceptors (Lipinski definition) is 2. The van der Waals surface area contributed by atoms with Crippen LogP contribution < -0.4 is 10.1 Å². The van der Waals surface area contributed by atoms with Gasteiger partial charge in [-0.1, -0.05) is 45.7 Å². The normalized spacial score (nSPS) is 10.2. The summed E-state index contributed by atoms with van der Waals surface area (Å²) in [4.78, 5) is 0. The highest BCUT2D eigenvalue weighted by Gasteiger charge is 2.10. The van der Waals surface area contributed by atoms with E-state index < -0.39 is 0 Å². The summed E-state index contributed by atoms with van der Waals surface area (Å²) >= 11 is 15.2. The summed E-state index contributed by atoms with van der Waals surface area (Å²) in [5, 5.41) is 4.14. The molecule has 2 nitrogen and oxygen atoms in total. The molecular weight excluding hydrogens is 313 g/mol. The molecule has 5 heteroatoms. The predicted molar refractivity (Wildman–Crippen MR) is 72.8 cm³/mol. The van der Waals surface area contributed by atoms with Crippen LogP contribution in [0, 0.1) is 0 Å². The zero-order valence-electron chi connectivity index (χ0n) is 8.82. The van der Waals surface area contributed by atoms with Crippen LogP contribution in [0.1, 0.15) is 5.56 Å². The summed E-state index contributed by atoms with van der Waals surface area (Å²) in [6.07, 6.45) is 0. The van der Waals surface area contributed by atoms with Gasteiger partial charge in [0.2, 0.25) is 0 Å². The van der Waals surface area contributed by atoms with E-state index in [4.69, 9.17) is 27.9 Å². The molecule has 0 aliphatic carbocycles. The van der Waals surface area contributed by atoms with E-state index in [1.54, 1.807) is 6.07 Å². The van der Waals surface area contributed by atoms with Gasteiger partial charge in [0.05, 0.1) is 5.02 Å². The molecule has 0 heterocycles. The molecule has 88 valence electrons. The lowest BCUT2D eigenvalue weighted by molar-refractivity contribution is 0.356. The van der Waals surface area contributed by atoms with E-state index >= 15 is 0 Å². The lowest BCUT2D eigenvalue weighted by Crippen LogP contribution is -2.08. The minimum atomic E-state index is 0.373. The van der Waals surface area contributed by atoms with Crippen LogP contribution in [-0.2, 0) is 6.54 Å². The molecule has 1 rings (SSSR count). The molecule has 0 radical (unpaired) electrons. The summed E-state index contributed by atoms with van der Waals surface area (Å²) in [7, 11) is 1.85. The van der Waals surface area contributed by atoms with Gasteiger partial charge in [-0.2, -0.15) is 0 Å². The Kier molecular flexibility index (Phi) is 5.62. The summed E-state index contributed by atoms with van der Waals surface area (Å²) in [5.41, 5.74) is 0.925. The van der Waals surface area contributed by atoms with E-state index in [0.29, 0.717) is 28.9 Å². The lowest BCUT2D eigenvalue weighted by atomic mass is 10.2. The van der Waals surface area contributed by atoms with Gasteiger partial charge in [-0.15, -0.1) is 0 Å². The van der Waals surface area contributed by atoms with Gasteiger partial charge in [-0.3, -0.25) is 0 Å². The summed E-state index contributed by atoms with van der Waals surface area (Å²) < 4.78 is 6.32. The Balaban J connectivity index is 2.98. The summed E-state index contributed by atoms with van der Waals surface area (Å²) in [6, 6.07) is 3.49. The van der Waals surface area contributed by atoms with Crippen molar-refractivity contribution in [3.63, 3.8) is 0 Å². The molecule has 1 aromatic rings. The number of nitrogens with one attached hydrogen (secondary N) is 1. The fourth-order valence-corrected chi connectivity index (χ4v) is 1.95. The van der Waals surface area contributed by atoms with E-state index in [1.165, 1.54) is 0 Å². The van der Waals surface area contributed by atoms with E-state index in [2.05, 4.69) is 27.8 Å². The molecule has 0 saturated heterocycles. The zero-order chi connectivity index (χ0) is 12.1. The van der Waals surface area contributed by atoms with Crippen LogP contribution >= 0.6 is 39.1 Å². The molecule has 0 aliphatic heterocycles. The number of benzene rings is 1. The van der Waals surface area contributed by atoms with Crippen molar-refractivity contribution in [2.75, 3.05) is 13.7 Å². The van der Waals surface area contributed by atoms with Crippen molar-refractivity contribution in [3.8, 4) is 5.75 Å². The monoisotopic (exact) mass is 323 g/mol. The molecule has 16 heavy (non-hydrogen) atoms. The van der Waals surface area contributed by atoms with Crippen molar-refractivity contribution in [1.29, 1.82) is 0 Å². The molecular formula is C11H12BrCl2NO. The number of rotatable bonds is 5. The fourth-order valence-electron chi connectivity index (χ4n) is 1.25. The molecule has 0 atom stereocenters. The highest BCUT2D eigenvalue weighted by molar-refractivity contribution is 9.11. The first-order chi connectivity index (χ1) is 7.54. The third kappa shape index (κ3) is 3.98. The van der Waals surface area contributed by atoms with Gasteiger partial charge in [0.1, 0.15) is 12.4 Å². The first kappa shape index (κ1) is 13.8. The second-order valence-electron chi connectivity index (χ2n) is 3.21. The Bertz CT molecular complexity index is 396. The standard InChI is InChI=1S/C11H12BrCl2NO/c1-7(12)6-16-11-8(5-15-2)3-9(13)4-10(11)14/h3-4,15H,1,5-6H2,2H3. The summed E-state index contributed by atoms with van der Waals surface area (Å²) in [5.74, 6) is 0.640. The smallest absolute Gasteiger partial charge is 0.143 e. The minimum absolute atomic E-state index is 0.373. The van der Waals surface area contributed by atoms with Crippen molar-refractivity contribution >= 4 is 39.1 Å². The molecule has 0 amide bonds. The van der Waals surface area contributed by atoms with Crippen LogP contribution in [-0.4, -0.2) is 13.7 Å². The Labute approximate surface area is 114 Å². The van der Waals surface area contributed by atoms with Crippen LogP contribution in [0.4, 0.5) is 0 Å². The lowest BCUT2D eigenvalue weighted by Gasteiger charge is -2.13. The third-order valence-electron chi connectivity index (χ3n) is 1.83. The molecule has 0 unspecified atom stereocenters. The largest absolute Gasteiger partial charge is 0.486 e. The molecule has 1 aromatic carbocycles. The van der Waals surface area contributed by atoms with Gasteiger partial charge in [-0.25, -0.2) is 0 Å². The Hall–Kier alpha value is -0.220. The molecule has 0 bridgehead atoms. The highest BCUT2D eigenvalue weighted by Crippen LogP contribution is 2.32. The van der Waals surface area contributed by atoms with Crippen LogP contribution in [0.3, 0.4) is 0 Å². The maximum atomic E-state index is 6.07. The quantitative estimate of drug-likeness (QED) is 0.884. The second-order valence-corrected chi connectivity index (χ2v) is 5.18. The molecule has 0 aromatic heterocycles. The van der Waals surface area contributed by atoms with Crippen molar-refractivity contribution in [2.45, 2.75) is 6.54 Å². The van der Waals surface area contributed by atoms with Crippen LogP contribution in [0.15, 0.2) is 23.2 Å². The van der Waals surface area contributed by atoms with Crippen molar-refractivity contribution < 1.29 is 4.74 Å². The predicted octanol–water partition coefficient (Wildman–Crippen LogP) is 4.00. The molecule has 0 saturated carbocycles.